The predicted octanol–water partition coefficient (Wildman–Crippen LogP) is 8.19. The molecule has 1 unspecified atom stereocenters. The summed E-state index contributed by atoms with van der Waals surface area (Å²) in [6.07, 6.45) is 2.16. The summed E-state index contributed by atoms with van der Waals surface area (Å²) in [6, 6.07) is 13.5. The first-order valence-corrected chi connectivity index (χ1v) is 12.1. The van der Waals surface area contributed by atoms with Crippen LogP contribution >= 0.6 is 11.5 Å². The Kier molecular flexibility index (Phi) is 6.89. The van der Waals surface area contributed by atoms with Crippen LogP contribution in [0.1, 0.15) is 72.6 Å². The second kappa shape index (κ2) is 9.65. The highest BCUT2D eigenvalue weighted by Crippen LogP contribution is 2.41. The Balaban J connectivity index is 1.57. The third-order valence-corrected chi connectivity index (χ3v) is 7.22. The summed E-state index contributed by atoms with van der Waals surface area (Å²) >= 11 is 0.496. The fraction of sp³-hybridized carbons (Fsp3) is 0.423. The molecule has 1 atom stereocenters. The van der Waals surface area contributed by atoms with Crippen molar-refractivity contribution in [3.8, 4) is 17.0 Å². The van der Waals surface area contributed by atoms with Crippen LogP contribution in [-0.2, 0) is 25.6 Å². The molecule has 0 saturated heterocycles. The van der Waals surface area contributed by atoms with E-state index in [1.807, 2.05) is 43.3 Å². The van der Waals surface area contributed by atoms with Crippen molar-refractivity contribution < 1.29 is 17.9 Å². The number of rotatable bonds is 8. The van der Waals surface area contributed by atoms with Crippen molar-refractivity contribution in [3.05, 3.63) is 69.6 Å². The third-order valence-electron chi connectivity index (χ3n) is 6.29. The average molecular weight is 460 g/mol. The number of fused-ring (bicyclic) bond motifs is 1. The maximum absolute atomic E-state index is 13.7. The van der Waals surface area contributed by atoms with E-state index < -0.39 is 11.1 Å². The van der Waals surface area contributed by atoms with Gasteiger partial charge in [-0.05, 0) is 72.0 Å². The first-order valence-electron chi connectivity index (χ1n) is 11.3. The molecule has 0 aliphatic heterocycles. The lowest BCUT2D eigenvalue weighted by molar-refractivity contribution is -0.135. The van der Waals surface area contributed by atoms with E-state index in [0.717, 1.165) is 24.8 Å². The van der Waals surface area contributed by atoms with E-state index in [4.69, 9.17) is 4.74 Å². The largest absolute Gasteiger partial charge is 0.489 e. The van der Waals surface area contributed by atoms with E-state index in [1.54, 1.807) is 0 Å². The zero-order valence-corrected chi connectivity index (χ0v) is 19.3. The lowest BCUT2D eigenvalue weighted by atomic mass is 9.95. The highest BCUT2D eigenvalue weighted by Gasteiger charge is 2.38. The average Bonchev–Trinajstić information content (AvgIpc) is 3.40. The molecule has 1 aromatic heterocycles. The fourth-order valence-electron chi connectivity index (χ4n) is 4.47. The molecule has 0 N–H and O–H groups in total. The van der Waals surface area contributed by atoms with Crippen molar-refractivity contribution in [1.82, 2.24) is 4.37 Å². The van der Waals surface area contributed by atoms with Gasteiger partial charge in [-0.2, -0.15) is 17.5 Å². The zero-order valence-electron chi connectivity index (χ0n) is 18.5. The Bertz CT molecular complexity index is 1060. The van der Waals surface area contributed by atoms with E-state index in [-0.39, 0.29) is 12.2 Å². The van der Waals surface area contributed by atoms with Crippen LogP contribution in [0.5, 0.6) is 5.75 Å². The molecule has 0 spiro atoms. The van der Waals surface area contributed by atoms with Crippen molar-refractivity contribution in [1.29, 1.82) is 0 Å². The quantitative estimate of drug-likeness (QED) is 0.339. The number of hydrogen-bond acceptors (Lipinski definition) is 3. The van der Waals surface area contributed by atoms with Gasteiger partial charge in [0, 0.05) is 11.1 Å². The first kappa shape index (κ1) is 22.8. The number of aryl methyl sites for hydroxylation is 2. The molecule has 3 aromatic rings. The monoisotopic (exact) mass is 459 g/mol. The number of halogens is 3. The van der Waals surface area contributed by atoms with Crippen LogP contribution in [0.3, 0.4) is 0 Å². The molecular weight excluding hydrogens is 431 g/mol. The number of alkyl halides is 3. The Labute approximate surface area is 191 Å². The number of hydrogen-bond donors (Lipinski definition) is 0. The summed E-state index contributed by atoms with van der Waals surface area (Å²) in [5.74, 6) is 1.21. The van der Waals surface area contributed by atoms with Crippen LogP contribution in [0.4, 0.5) is 13.2 Å². The molecule has 2 aromatic carbocycles. The van der Waals surface area contributed by atoms with Gasteiger partial charge in [0.05, 0.1) is 5.69 Å². The minimum absolute atomic E-state index is 0.105. The summed E-state index contributed by atoms with van der Waals surface area (Å²) in [7, 11) is 0. The molecular formula is C26H28F3NOS. The predicted molar refractivity (Wildman–Crippen MR) is 123 cm³/mol. The number of aromatic nitrogens is 1. The van der Waals surface area contributed by atoms with Crippen LogP contribution < -0.4 is 4.74 Å². The smallest absolute Gasteiger partial charge is 0.427 e. The Morgan fingerprint density at radius 3 is 2.56 bits per heavy atom. The second-order valence-electron chi connectivity index (χ2n) is 8.41. The van der Waals surface area contributed by atoms with Crippen LogP contribution in [0, 0.1) is 0 Å². The molecule has 0 fully saturated rings. The number of ether oxygens (including phenoxy) is 1. The van der Waals surface area contributed by atoms with E-state index in [0.29, 0.717) is 34.5 Å². The van der Waals surface area contributed by atoms with E-state index in [2.05, 4.69) is 17.4 Å². The molecule has 0 radical (unpaired) electrons. The van der Waals surface area contributed by atoms with E-state index >= 15 is 0 Å². The molecule has 1 aliphatic rings. The van der Waals surface area contributed by atoms with Gasteiger partial charge in [0.15, 0.2) is 0 Å². The summed E-state index contributed by atoms with van der Waals surface area (Å²) < 4.78 is 51.0. The fourth-order valence-corrected chi connectivity index (χ4v) is 5.24. The first-order chi connectivity index (χ1) is 15.4. The maximum Gasteiger partial charge on any atom is 0.427 e. The molecule has 32 heavy (non-hydrogen) atoms. The molecule has 170 valence electrons. The Morgan fingerprint density at radius 1 is 1.09 bits per heavy atom. The standard InChI is InChI=1S/C26H28F3NOS/c1-3-5-6-18-11-12-20-15-21(13-14-22(18)20)31-16-23-24(30-32-25(23)26(27,28)29)19-9-7-17(4-2)8-10-19/h7-10,13-15,18H,3-6,11-12,16H2,1-2H3. The van der Waals surface area contributed by atoms with Crippen molar-refractivity contribution in [2.45, 2.75) is 71.1 Å². The minimum Gasteiger partial charge on any atom is -0.489 e. The van der Waals surface area contributed by atoms with E-state index in [9.17, 15) is 13.2 Å². The topological polar surface area (TPSA) is 22.1 Å². The molecule has 1 heterocycles. The van der Waals surface area contributed by atoms with Crippen molar-refractivity contribution >= 4 is 11.5 Å². The van der Waals surface area contributed by atoms with Crippen LogP contribution in [0.15, 0.2) is 42.5 Å². The van der Waals surface area contributed by atoms with Crippen molar-refractivity contribution in [3.63, 3.8) is 0 Å². The van der Waals surface area contributed by atoms with Gasteiger partial charge in [0.2, 0.25) is 0 Å². The lowest BCUT2D eigenvalue weighted by Crippen LogP contribution is -2.08. The highest BCUT2D eigenvalue weighted by atomic mass is 32.1. The molecule has 6 heteroatoms. The summed E-state index contributed by atoms with van der Waals surface area (Å²) in [5, 5.41) is 0. The molecule has 4 rings (SSSR count). The number of nitrogens with zero attached hydrogens (tertiary/aromatic N) is 1. The molecule has 0 saturated carbocycles. The zero-order chi connectivity index (χ0) is 22.7. The van der Waals surface area contributed by atoms with Gasteiger partial charge in [-0.25, -0.2) is 0 Å². The van der Waals surface area contributed by atoms with Gasteiger partial charge in [-0.1, -0.05) is 57.0 Å². The number of unbranched alkanes of at least 4 members (excludes halogenated alkanes) is 1. The third kappa shape index (κ3) is 4.85. The van der Waals surface area contributed by atoms with Gasteiger partial charge in [0.25, 0.3) is 0 Å². The van der Waals surface area contributed by atoms with Gasteiger partial charge in [-0.3, -0.25) is 0 Å². The minimum atomic E-state index is -4.46. The Morgan fingerprint density at radius 2 is 1.88 bits per heavy atom. The molecule has 0 amide bonds. The summed E-state index contributed by atoms with van der Waals surface area (Å²) in [5.41, 5.74) is 4.90. The summed E-state index contributed by atoms with van der Waals surface area (Å²) in [6.45, 7) is 4.09. The van der Waals surface area contributed by atoms with Crippen LogP contribution in [0.25, 0.3) is 11.3 Å². The van der Waals surface area contributed by atoms with Crippen LogP contribution in [-0.4, -0.2) is 4.37 Å². The van der Waals surface area contributed by atoms with Crippen molar-refractivity contribution in [2.24, 2.45) is 0 Å². The molecule has 2 nitrogen and oxygen atoms in total. The highest BCUT2D eigenvalue weighted by molar-refractivity contribution is 7.06. The van der Waals surface area contributed by atoms with Crippen LogP contribution in [0.2, 0.25) is 0 Å². The van der Waals surface area contributed by atoms with Gasteiger partial charge in [0.1, 0.15) is 17.2 Å². The van der Waals surface area contributed by atoms with Gasteiger partial charge < -0.3 is 4.74 Å². The second-order valence-corrected chi connectivity index (χ2v) is 9.19. The SMILES string of the molecule is CCCCC1CCc2cc(OCc3c(-c4ccc(CC)cc4)nsc3C(F)(F)F)ccc21. The molecule has 1 aliphatic carbocycles. The number of benzene rings is 2. The molecule has 0 bridgehead atoms. The summed E-state index contributed by atoms with van der Waals surface area (Å²) in [4.78, 5) is -0.687. The Hall–Kier alpha value is -2.34. The van der Waals surface area contributed by atoms with E-state index in [1.165, 1.54) is 30.4 Å². The lowest BCUT2D eigenvalue weighted by Gasteiger charge is -2.13. The van der Waals surface area contributed by atoms with Crippen molar-refractivity contribution in [2.75, 3.05) is 0 Å². The maximum atomic E-state index is 13.7. The van der Waals surface area contributed by atoms with Gasteiger partial charge >= 0.3 is 6.18 Å². The normalized spacial score (nSPS) is 15.7. The van der Waals surface area contributed by atoms with Gasteiger partial charge in [-0.15, -0.1) is 0 Å².